The van der Waals surface area contributed by atoms with E-state index in [1.165, 1.54) is 0 Å². The number of carbonyl (C=O) groups excluding carboxylic acids is 3. The summed E-state index contributed by atoms with van der Waals surface area (Å²) in [6.45, 7) is 7.94. The number of nitrogens with one attached hydrogen (secondary N) is 3. The Labute approximate surface area is 172 Å². The molecule has 7 nitrogen and oxygen atoms in total. The second kappa shape index (κ2) is 8.49. The van der Waals surface area contributed by atoms with Crippen LogP contribution in [0.25, 0.3) is 0 Å². The number of benzene rings is 1. The molecule has 0 aliphatic carbocycles. The number of halogens is 1. The number of rotatable bonds is 5. The van der Waals surface area contributed by atoms with E-state index in [0.29, 0.717) is 12.1 Å². The summed E-state index contributed by atoms with van der Waals surface area (Å²) in [7, 11) is 0. The average Bonchev–Trinajstić information content (AvgIpc) is 2.85. The second-order valence-corrected chi connectivity index (χ2v) is 8.15. The largest absolute Gasteiger partial charge is 0.354 e. The van der Waals surface area contributed by atoms with Crippen molar-refractivity contribution in [2.24, 2.45) is 5.41 Å². The number of piperidine rings is 1. The Morgan fingerprint density at radius 1 is 1.14 bits per heavy atom. The van der Waals surface area contributed by atoms with Crippen LogP contribution in [0.15, 0.2) is 24.3 Å². The van der Waals surface area contributed by atoms with Crippen molar-refractivity contribution in [3.63, 3.8) is 0 Å². The molecule has 0 bridgehead atoms. The number of hydrogen-bond donors (Lipinski definition) is 3. The molecule has 2 saturated heterocycles. The number of carbonyl (C=O) groups is 3. The fraction of sp³-hybridized carbons (Fsp3) is 0.550. The number of imide groups is 1. The molecule has 1 aromatic carbocycles. The second-order valence-electron chi connectivity index (χ2n) is 8.15. The van der Waals surface area contributed by atoms with Crippen molar-refractivity contribution in [2.75, 3.05) is 26.2 Å². The molecule has 8 heteroatoms. The van der Waals surface area contributed by atoms with Crippen LogP contribution in [0.3, 0.4) is 0 Å². The first-order chi connectivity index (χ1) is 12.7. The maximum absolute atomic E-state index is 12.9. The highest BCUT2D eigenvalue weighted by Gasteiger charge is 2.49. The predicted molar refractivity (Wildman–Crippen MR) is 109 cm³/mol. The molecule has 0 spiro atoms. The number of urea groups is 1. The fourth-order valence-corrected chi connectivity index (χ4v) is 3.64. The standard InChI is InChI=1S/C20H28N4O3.ClH/c1-14-4-6-15(7-5-14)20(3)17(26)24(18(27)23-20)12-16(25)22-13-19(2)8-10-21-11-9-19;/h4-7,21H,8-13H2,1-3H3,(H,22,25)(H,23,27);1H. The van der Waals surface area contributed by atoms with Crippen LogP contribution in [0.4, 0.5) is 4.79 Å². The summed E-state index contributed by atoms with van der Waals surface area (Å²) in [4.78, 5) is 38.6. The van der Waals surface area contributed by atoms with E-state index in [4.69, 9.17) is 0 Å². The lowest BCUT2D eigenvalue weighted by atomic mass is 9.81. The van der Waals surface area contributed by atoms with E-state index in [2.05, 4.69) is 22.9 Å². The van der Waals surface area contributed by atoms with Crippen LogP contribution in [0.1, 0.15) is 37.8 Å². The van der Waals surface area contributed by atoms with Crippen LogP contribution >= 0.6 is 12.4 Å². The summed E-state index contributed by atoms with van der Waals surface area (Å²) in [5.74, 6) is -0.717. The first-order valence-electron chi connectivity index (χ1n) is 9.42. The number of hydrogen-bond acceptors (Lipinski definition) is 4. The minimum absolute atomic E-state index is 0. The van der Waals surface area contributed by atoms with Gasteiger partial charge in [-0.05, 0) is 50.8 Å². The Morgan fingerprint density at radius 2 is 1.75 bits per heavy atom. The molecule has 2 heterocycles. The molecular formula is C20H29ClN4O3. The van der Waals surface area contributed by atoms with Crippen molar-refractivity contribution in [2.45, 2.75) is 39.2 Å². The quantitative estimate of drug-likeness (QED) is 0.646. The molecule has 4 amide bonds. The van der Waals surface area contributed by atoms with Gasteiger partial charge >= 0.3 is 6.03 Å². The minimum Gasteiger partial charge on any atom is -0.354 e. The number of nitrogens with zero attached hydrogens (tertiary/aromatic N) is 1. The van der Waals surface area contributed by atoms with Gasteiger partial charge in [-0.3, -0.25) is 14.5 Å². The molecule has 2 aliphatic heterocycles. The van der Waals surface area contributed by atoms with Crippen molar-refractivity contribution in [3.8, 4) is 0 Å². The fourth-order valence-electron chi connectivity index (χ4n) is 3.64. The zero-order valence-electron chi connectivity index (χ0n) is 16.6. The van der Waals surface area contributed by atoms with Gasteiger partial charge in [-0.2, -0.15) is 0 Å². The summed E-state index contributed by atoms with van der Waals surface area (Å²) < 4.78 is 0. The third-order valence-electron chi connectivity index (χ3n) is 5.73. The third kappa shape index (κ3) is 4.47. The first-order valence-corrected chi connectivity index (χ1v) is 9.42. The Balaban J connectivity index is 0.00000280. The van der Waals surface area contributed by atoms with Crippen molar-refractivity contribution in [1.29, 1.82) is 0 Å². The molecule has 0 saturated carbocycles. The molecule has 3 rings (SSSR count). The van der Waals surface area contributed by atoms with E-state index in [9.17, 15) is 14.4 Å². The van der Waals surface area contributed by atoms with Crippen molar-refractivity contribution < 1.29 is 14.4 Å². The lowest BCUT2D eigenvalue weighted by molar-refractivity contribution is -0.135. The highest BCUT2D eigenvalue weighted by molar-refractivity contribution is 6.09. The molecule has 1 unspecified atom stereocenters. The first kappa shape index (κ1) is 22.2. The molecule has 0 radical (unpaired) electrons. The average molecular weight is 409 g/mol. The summed E-state index contributed by atoms with van der Waals surface area (Å²) in [6.07, 6.45) is 1.98. The van der Waals surface area contributed by atoms with E-state index < -0.39 is 17.5 Å². The van der Waals surface area contributed by atoms with Gasteiger partial charge < -0.3 is 16.0 Å². The number of aryl methyl sites for hydroxylation is 1. The van der Waals surface area contributed by atoms with E-state index >= 15 is 0 Å². The maximum Gasteiger partial charge on any atom is 0.325 e. The Bertz CT molecular complexity index is 746. The van der Waals surface area contributed by atoms with Crippen LogP contribution in [0.2, 0.25) is 0 Å². The van der Waals surface area contributed by atoms with Gasteiger partial charge in [0.15, 0.2) is 0 Å². The van der Waals surface area contributed by atoms with E-state index in [1.54, 1.807) is 6.92 Å². The molecule has 2 fully saturated rings. The molecule has 0 aromatic heterocycles. The molecular weight excluding hydrogens is 380 g/mol. The Kier molecular flexibility index (Phi) is 6.72. The topological polar surface area (TPSA) is 90.5 Å². The summed E-state index contributed by atoms with van der Waals surface area (Å²) in [5, 5.41) is 8.94. The minimum atomic E-state index is -1.15. The molecule has 1 atom stereocenters. The number of amides is 4. The lowest BCUT2D eigenvalue weighted by Crippen LogP contribution is -2.47. The predicted octanol–water partition coefficient (Wildman–Crippen LogP) is 1.69. The highest BCUT2D eigenvalue weighted by atomic mass is 35.5. The molecule has 3 N–H and O–H groups in total. The van der Waals surface area contributed by atoms with Crippen LogP contribution in [0.5, 0.6) is 0 Å². The van der Waals surface area contributed by atoms with Gasteiger partial charge in [0.25, 0.3) is 5.91 Å². The van der Waals surface area contributed by atoms with Gasteiger partial charge in [0.1, 0.15) is 12.1 Å². The van der Waals surface area contributed by atoms with Crippen LogP contribution < -0.4 is 16.0 Å². The van der Waals surface area contributed by atoms with Gasteiger partial charge in [0.2, 0.25) is 5.91 Å². The van der Waals surface area contributed by atoms with Gasteiger partial charge in [-0.25, -0.2) is 4.79 Å². The van der Waals surface area contributed by atoms with Crippen LogP contribution in [-0.2, 0) is 15.1 Å². The normalized spacial score (nSPS) is 23.8. The zero-order valence-corrected chi connectivity index (χ0v) is 17.4. The summed E-state index contributed by atoms with van der Waals surface area (Å²) >= 11 is 0. The van der Waals surface area contributed by atoms with Crippen LogP contribution in [0, 0.1) is 12.3 Å². The Hall–Kier alpha value is -2.12. The van der Waals surface area contributed by atoms with E-state index in [1.807, 2.05) is 31.2 Å². The SMILES string of the molecule is Cc1ccc(C2(C)NC(=O)N(CC(=O)NCC3(C)CCNCC3)C2=O)cc1.Cl. The summed E-state index contributed by atoms with van der Waals surface area (Å²) in [5.41, 5.74) is 0.680. The molecule has 28 heavy (non-hydrogen) atoms. The monoisotopic (exact) mass is 408 g/mol. The van der Waals surface area contributed by atoms with Crippen molar-refractivity contribution in [3.05, 3.63) is 35.4 Å². The van der Waals surface area contributed by atoms with Gasteiger partial charge in [0.05, 0.1) is 0 Å². The van der Waals surface area contributed by atoms with Crippen molar-refractivity contribution >= 4 is 30.3 Å². The summed E-state index contributed by atoms with van der Waals surface area (Å²) in [6, 6.07) is 6.92. The lowest BCUT2D eigenvalue weighted by Gasteiger charge is -2.34. The Morgan fingerprint density at radius 3 is 2.36 bits per heavy atom. The van der Waals surface area contributed by atoms with Gasteiger partial charge in [-0.15, -0.1) is 12.4 Å². The molecule has 1 aromatic rings. The maximum atomic E-state index is 12.9. The molecule has 2 aliphatic rings. The highest BCUT2D eigenvalue weighted by Crippen LogP contribution is 2.29. The third-order valence-corrected chi connectivity index (χ3v) is 5.73. The van der Waals surface area contributed by atoms with E-state index in [-0.39, 0.29) is 30.3 Å². The smallest absolute Gasteiger partial charge is 0.325 e. The zero-order chi connectivity index (χ0) is 19.7. The van der Waals surface area contributed by atoms with Gasteiger partial charge in [0, 0.05) is 6.54 Å². The van der Waals surface area contributed by atoms with Crippen LogP contribution in [-0.4, -0.2) is 48.9 Å². The van der Waals surface area contributed by atoms with Gasteiger partial charge in [-0.1, -0.05) is 36.8 Å². The van der Waals surface area contributed by atoms with E-state index in [0.717, 1.165) is 36.4 Å². The molecule has 154 valence electrons. The van der Waals surface area contributed by atoms with Crippen molar-refractivity contribution in [1.82, 2.24) is 20.9 Å².